The summed E-state index contributed by atoms with van der Waals surface area (Å²) in [6.45, 7) is 5.26. The number of carbonyl (C=O) groups excluding carboxylic acids is 1. The van der Waals surface area contributed by atoms with Gasteiger partial charge in [-0.2, -0.15) is 0 Å². The molecule has 5 nitrogen and oxygen atoms in total. The molecule has 1 fully saturated rings. The summed E-state index contributed by atoms with van der Waals surface area (Å²) in [6.07, 6.45) is 4.79. The lowest BCUT2D eigenvalue weighted by molar-refractivity contribution is 0.0601. The summed E-state index contributed by atoms with van der Waals surface area (Å²) < 4.78 is 4.79. The van der Waals surface area contributed by atoms with E-state index >= 15 is 0 Å². The van der Waals surface area contributed by atoms with E-state index in [1.54, 1.807) is 12.1 Å². The number of methoxy groups -OCH3 is 1. The van der Waals surface area contributed by atoms with E-state index in [4.69, 9.17) is 9.72 Å². The van der Waals surface area contributed by atoms with E-state index in [9.17, 15) is 4.79 Å². The molecule has 1 aromatic carbocycles. The normalized spacial score (nSPS) is 18.2. The van der Waals surface area contributed by atoms with Gasteiger partial charge in [0.15, 0.2) is 5.82 Å². The minimum atomic E-state index is -0.347. The Morgan fingerprint density at radius 2 is 2.13 bits per heavy atom. The Hall–Kier alpha value is -2.17. The smallest absolute Gasteiger partial charge is 0.337 e. The van der Waals surface area contributed by atoms with Crippen molar-refractivity contribution >= 4 is 22.8 Å². The van der Waals surface area contributed by atoms with E-state index < -0.39 is 0 Å². The van der Waals surface area contributed by atoms with Crippen LogP contribution < -0.4 is 4.90 Å². The van der Waals surface area contributed by atoms with E-state index in [0.29, 0.717) is 11.6 Å². The molecule has 23 heavy (non-hydrogen) atoms. The number of hydrogen-bond donors (Lipinski definition) is 0. The number of aromatic nitrogens is 2. The van der Waals surface area contributed by atoms with Crippen LogP contribution in [0.3, 0.4) is 0 Å². The number of esters is 1. The molecule has 1 aliphatic rings. The van der Waals surface area contributed by atoms with E-state index in [-0.39, 0.29) is 5.97 Å². The fourth-order valence-electron chi connectivity index (χ4n) is 3.35. The summed E-state index contributed by atoms with van der Waals surface area (Å²) in [4.78, 5) is 23.6. The highest BCUT2D eigenvalue weighted by molar-refractivity contribution is 5.93. The van der Waals surface area contributed by atoms with Crippen molar-refractivity contribution in [3.63, 3.8) is 0 Å². The van der Waals surface area contributed by atoms with Gasteiger partial charge >= 0.3 is 5.97 Å². The molecule has 1 aromatic heterocycles. The van der Waals surface area contributed by atoms with Gasteiger partial charge in [-0.15, -0.1) is 0 Å². The average Bonchev–Trinajstić information content (AvgIpc) is 2.60. The van der Waals surface area contributed by atoms with Crippen LogP contribution in [0.15, 0.2) is 18.2 Å². The number of carbonyl (C=O) groups is 1. The van der Waals surface area contributed by atoms with Crippen molar-refractivity contribution in [2.75, 3.05) is 18.6 Å². The minimum absolute atomic E-state index is 0.347. The molecule has 1 unspecified atom stereocenters. The number of benzene rings is 1. The Bertz CT molecular complexity index is 730. The average molecular weight is 313 g/mol. The molecule has 1 atom stereocenters. The first-order valence-electron chi connectivity index (χ1n) is 8.27. The third-order valence-electron chi connectivity index (χ3n) is 4.61. The quantitative estimate of drug-likeness (QED) is 0.812. The van der Waals surface area contributed by atoms with Crippen molar-refractivity contribution in [1.82, 2.24) is 9.97 Å². The zero-order valence-electron chi connectivity index (χ0n) is 14.0. The first kappa shape index (κ1) is 15.7. The molecule has 0 aliphatic carbocycles. The van der Waals surface area contributed by atoms with Gasteiger partial charge in [-0.05, 0) is 50.8 Å². The number of fused-ring (bicyclic) bond motifs is 1. The molecule has 0 amide bonds. The molecule has 5 heteroatoms. The number of anilines is 1. The van der Waals surface area contributed by atoms with E-state index in [2.05, 4.69) is 16.8 Å². The number of piperidine rings is 1. The molecule has 0 radical (unpaired) electrons. The third kappa shape index (κ3) is 3.00. The van der Waals surface area contributed by atoms with E-state index in [1.807, 2.05) is 13.0 Å². The lowest BCUT2D eigenvalue weighted by atomic mass is 10.00. The van der Waals surface area contributed by atoms with Crippen LogP contribution in [0.2, 0.25) is 0 Å². The number of rotatable bonds is 3. The topological polar surface area (TPSA) is 55.3 Å². The molecular formula is C18H23N3O2. The molecule has 0 spiro atoms. The van der Waals surface area contributed by atoms with Gasteiger partial charge < -0.3 is 9.64 Å². The second-order valence-corrected chi connectivity index (χ2v) is 6.08. The maximum absolute atomic E-state index is 11.7. The number of aryl methyl sites for hydroxylation is 1. The summed E-state index contributed by atoms with van der Waals surface area (Å²) in [5.41, 5.74) is 3.01. The van der Waals surface area contributed by atoms with Crippen LogP contribution in [0.4, 0.5) is 5.82 Å². The van der Waals surface area contributed by atoms with E-state index in [1.165, 1.54) is 26.4 Å². The summed E-state index contributed by atoms with van der Waals surface area (Å²) in [5.74, 6) is 0.603. The van der Waals surface area contributed by atoms with Crippen LogP contribution >= 0.6 is 0 Å². The zero-order chi connectivity index (χ0) is 16.4. The molecule has 1 saturated heterocycles. The number of hydrogen-bond acceptors (Lipinski definition) is 5. The Morgan fingerprint density at radius 3 is 2.87 bits per heavy atom. The largest absolute Gasteiger partial charge is 0.465 e. The van der Waals surface area contributed by atoms with E-state index in [0.717, 1.165) is 35.5 Å². The molecule has 2 aromatic rings. The lowest BCUT2D eigenvalue weighted by Crippen LogP contribution is -2.40. The Balaban J connectivity index is 2.06. The molecule has 0 N–H and O–H groups in total. The summed E-state index contributed by atoms with van der Waals surface area (Å²) in [5, 5.41) is 0. The molecular weight excluding hydrogens is 290 g/mol. The fourth-order valence-corrected chi connectivity index (χ4v) is 3.35. The van der Waals surface area contributed by atoms with Crippen LogP contribution in [0.25, 0.3) is 11.0 Å². The van der Waals surface area contributed by atoms with Crippen molar-refractivity contribution in [3.05, 3.63) is 29.5 Å². The van der Waals surface area contributed by atoms with Gasteiger partial charge in [-0.1, -0.05) is 6.92 Å². The Labute approximate surface area is 136 Å². The van der Waals surface area contributed by atoms with Gasteiger partial charge in [0.25, 0.3) is 0 Å². The standard InChI is InChI=1S/C18H23N3O2/c1-4-14-7-5-6-10-21(14)17-12(2)19-15-9-8-13(18(22)23-3)11-16(15)20-17/h8-9,11,14H,4-7,10H2,1-3H3. The van der Waals surface area contributed by atoms with Crippen LogP contribution in [0, 0.1) is 6.92 Å². The molecule has 1 aliphatic heterocycles. The Kier molecular flexibility index (Phi) is 4.46. The van der Waals surface area contributed by atoms with Crippen molar-refractivity contribution in [1.29, 1.82) is 0 Å². The summed E-state index contributed by atoms with van der Waals surface area (Å²) >= 11 is 0. The monoisotopic (exact) mass is 313 g/mol. The number of ether oxygens (including phenoxy) is 1. The predicted molar refractivity (Wildman–Crippen MR) is 90.9 cm³/mol. The molecule has 2 heterocycles. The molecule has 0 saturated carbocycles. The Morgan fingerprint density at radius 1 is 1.30 bits per heavy atom. The summed E-state index contributed by atoms with van der Waals surface area (Å²) in [7, 11) is 1.39. The van der Waals surface area contributed by atoms with Crippen molar-refractivity contribution in [3.8, 4) is 0 Å². The third-order valence-corrected chi connectivity index (χ3v) is 4.61. The van der Waals surface area contributed by atoms with Crippen LogP contribution in [0.5, 0.6) is 0 Å². The van der Waals surface area contributed by atoms with Crippen LogP contribution in [-0.2, 0) is 4.74 Å². The molecule has 0 bridgehead atoms. The highest BCUT2D eigenvalue weighted by Gasteiger charge is 2.24. The molecule has 3 rings (SSSR count). The maximum Gasteiger partial charge on any atom is 0.337 e. The van der Waals surface area contributed by atoms with Crippen LogP contribution in [-0.4, -0.2) is 35.6 Å². The number of nitrogens with zero attached hydrogens (tertiary/aromatic N) is 3. The van der Waals surface area contributed by atoms with Gasteiger partial charge in [-0.3, -0.25) is 0 Å². The zero-order valence-corrected chi connectivity index (χ0v) is 14.0. The second kappa shape index (κ2) is 6.52. The van der Waals surface area contributed by atoms with Crippen molar-refractivity contribution in [2.24, 2.45) is 0 Å². The van der Waals surface area contributed by atoms with Gasteiger partial charge in [0, 0.05) is 12.6 Å². The second-order valence-electron chi connectivity index (χ2n) is 6.08. The molecule has 122 valence electrons. The van der Waals surface area contributed by atoms with Crippen molar-refractivity contribution < 1.29 is 9.53 Å². The van der Waals surface area contributed by atoms with Gasteiger partial charge in [-0.25, -0.2) is 14.8 Å². The van der Waals surface area contributed by atoms with Gasteiger partial charge in [0.05, 0.1) is 29.4 Å². The van der Waals surface area contributed by atoms with Gasteiger partial charge in [0.1, 0.15) is 0 Å². The lowest BCUT2D eigenvalue weighted by Gasteiger charge is -2.36. The van der Waals surface area contributed by atoms with Gasteiger partial charge in [0.2, 0.25) is 0 Å². The fraction of sp³-hybridized carbons (Fsp3) is 0.500. The first-order valence-corrected chi connectivity index (χ1v) is 8.27. The predicted octanol–water partition coefficient (Wildman–Crippen LogP) is 3.49. The highest BCUT2D eigenvalue weighted by Crippen LogP contribution is 2.28. The minimum Gasteiger partial charge on any atom is -0.465 e. The van der Waals surface area contributed by atoms with Crippen molar-refractivity contribution in [2.45, 2.75) is 45.6 Å². The highest BCUT2D eigenvalue weighted by atomic mass is 16.5. The SMILES string of the molecule is CCC1CCCCN1c1nc2cc(C(=O)OC)ccc2nc1C. The first-order chi connectivity index (χ1) is 11.1. The maximum atomic E-state index is 11.7. The summed E-state index contributed by atoms with van der Waals surface area (Å²) in [6, 6.07) is 5.86. The van der Waals surface area contributed by atoms with Crippen LogP contribution in [0.1, 0.15) is 48.7 Å².